The number of ether oxygens (including phenoxy) is 2. The van der Waals surface area contributed by atoms with Crippen LogP contribution in [0.4, 0.5) is 0 Å². The van der Waals surface area contributed by atoms with E-state index in [1.165, 1.54) is 18.5 Å². The maximum Gasteiger partial charge on any atom is 0.253 e. The highest BCUT2D eigenvalue weighted by molar-refractivity contribution is 5.99. The summed E-state index contributed by atoms with van der Waals surface area (Å²) in [7, 11) is 0. The molecule has 2 N–H and O–H groups in total. The molecule has 0 atom stereocenters. The minimum absolute atomic E-state index is 0.0102. The quantitative estimate of drug-likeness (QED) is 0.867. The van der Waals surface area contributed by atoms with Gasteiger partial charge in [-0.15, -0.1) is 0 Å². The molecule has 1 aromatic carbocycles. The summed E-state index contributed by atoms with van der Waals surface area (Å²) in [6, 6.07) is 7.03. The first-order chi connectivity index (χ1) is 12.0. The molecule has 2 heterocycles. The normalized spacial score (nSPS) is 12.1. The van der Waals surface area contributed by atoms with Crippen LogP contribution in [-0.4, -0.2) is 29.6 Å². The van der Waals surface area contributed by atoms with Gasteiger partial charge in [0.15, 0.2) is 11.5 Å². The molecule has 0 radical (unpaired) electrons. The van der Waals surface area contributed by atoms with Gasteiger partial charge in [-0.25, -0.2) is 0 Å². The van der Waals surface area contributed by atoms with Crippen LogP contribution in [0.5, 0.6) is 11.5 Å². The van der Waals surface area contributed by atoms with Crippen LogP contribution < -0.4 is 20.1 Å². The number of aromatic nitrogens is 1. The SMILES string of the molecule is CC(C)NC(=O)c1cncc(C(=O)NCc2ccc3c(c2)OCO3)c1. The second-order valence-electron chi connectivity index (χ2n) is 5.96. The van der Waals surface area contributed by atoms with Gasteiger partial charge in [-0.1, -0.05) is 6.07 Å². The summed E-state index contributed by atoms with van der Waals surface area (Å²) in [5.41, 5.74) is 1.57. The lowest BCUT2D eigenvalue weighted by Crippen LogP contribution is -2.30. The zero-order valence-corrected chi connectivity index (χ0v) is 14.0. The summed E-state index contributed by atoms with van der Waals surface area (Å²) in [5.74, 6) is 0.807. The second kappa shape index (κ2) is 7.21. The third-order valence-electron chi connectivity index (χ3n) is 3.57. The lowest BCUT2D eigenvalue weighted by molar-refractivity contribution is 0.0942. The van der Waals surface area contributed by atoms with Gasteiger partial charge in [0.2, 0.25) is 6.79 Å². The number of hydrogen-bond donors (Lipinski definition) is 2. The van der Waals surface area contributed by atoms with Crippen LogP contribution in [0.25, 0.3) is 0 Å². The molecule has 0 bridgehead atoms. The summed E-state index contributed by atoms with van der Waals surface area (Å²) in [4.78, 5) is 28.3. The number of fused-ring (bicyclic) bond motifs is 1. The second-order valence-corrected chi connectivity index (χ2v) is 5.96. The van der Waals surface area contributed by atoms with Gasteiger partial charge in [-0.2, -0.15) is 0 Å². The van der Waals surface area contributed by atoms with Crippen molar-refractivity contribution in [2.24, 2.45) is 0 Å². The molecule has 7 heteroatoms. The Morgan fingerprint density at radius 1 is 1.08 bits per heavy atom. The molecular weight excluding hydrogens is 322 g/mol. The number of nitrogens with zero attached hydrogens (tertiary/aromatic N) is 1. The van der Waals surface area contributed by atoms with E-state index in [-0.39, 0.29) is 24.6 Å². The van der Waals surface area contributed by atoms with E-state index < -0.39 is 0 Å². The molecule has 7 nitrogen and oxygen atoms in total. The Balaban J connectivity index is 1.64. The van der Waals surface area contributed by atoms with Gasteiger partial charge in [-0.3, -0.25) is 14.6 Å². The highest BCUT2D eigenvalue weighted by atomic mass is 16.7. The van der Waals surface area contributed by atoms with Gasteiger partial charge >= 0.3 is 0 Å². The van der Waals surface area contributed by atoms with E-state index in [0.717, 1.165) is 5.56 Å². The Morgan fingerprint density at radius 2 is 1.80 bits per heavy atom. The zero-order valence-electron chi connectivity index (χ0n) is 14.0. The van der Waals surface area contributed by atoms with Crippen molar-refractivity contribution >= 4 is 11.8 Å². The van der Waals surface area contributed by atoms with Crippen LogP contribution in [-0.2, 0) is 6.54 Å². The number of hydrogen-bond acceptors (Lipinski definition) is 5. The molecule has 1 aliphatic rings. The van der Waals surface area contributed by atoms with Gasteiger partial charge in [0.05, 0.1) is 11.1 Å². The third-order valence-corrected chi connectivity index (χ3v) is 3.57. The molecular formula is C18H19N3O4. The zero-order chi connectivity index (χ0) is 17.8. The van der Waals surface area contributed by atoms with Crippen LogP contribution in [0.1, 0.15) is 40.1 Å². The number of amides is 2. The van der Waals surface area contributed by atoms with E-state index >= 15 is 0 Å². The van der Waals surface area contributed by atoms with Gasteiger partial charge < -0.3 is 20.1 Å². The van der Waals surface area contributed by atoms with Crippen molar-refractivity contribution in [1.29, 1.82) is 0 Å². The van der Waals surface area contributed by atoms with Crippen molar-refractivity contribution in [2.45, 2.75) is 26.4 Å². The van der Waals surface area contributed by atoms with Crippen molar-refractivity contribution in [3.05, 3.63) is 53.3 Å². The summed E-state index contributed by atoms with van der Waals surface area (Å²) in [5, 5.41) is 5.58. The largest absolute Gasteiger partial charge is 0.454 e. The minimum Gasteiger partial charge on any atom is -0.454 e. The molecule has 2 amide bonds. The average molecular weight is 341 g/mol. The fraction of sp³-hybridized carbons (Fsp3) is 0.278. The number of pyridine rings is 1. The Hall–Kier alpha value is -3.09. The fourth-order valence-electron chi connectivity index (χ4n) is 2.37. The van der Waals surface area contributed by atoms with Crippen molar-refractivity contribution < 1.29 is 19.1 Å². The minimum atomic E-state index is -0.302. The highest BCUT2D eigenvalue weighted by Crippen LogP contribution is 2.32. The van der Waals surface area contributed by atoms with E-state index in [1.807, 2.05) is 32.0 Å². The van der Waals surface area contributed by atoms with Crippen molar-refractivity contribution in [3.63, 3.8) is 0 Å². The van der Waals surface area contributed by atoms with E-state index in [2.05, 4.69) is 15.6 Å². The number of carbonyl (C=O) groups excluding carboxylic acids is 2. The number of benzene rings is 1. The molecule has 0 unspecified atom stereocenters. The fourth-order valence-corrected chi connectivity index (χ4v) is 2.37. The Kier molecular flexibility index (Phi) is 4.83. The van der Waals surface area contributed by atoms with E-state index in [4.69, 9.17) is 9.47 Å². The van der Waals surface area contributed by atoms with Crippen LogP contribution in [0.2, 0.25) is 0 Å². The molecule has 3 rings (SSSR count). The Labute approximate surface area is 145 Å². The lowest BCUT2D eigenvalue weighted by Gasteiger charge is -2.09. The van der Waals surface area contributed by atoms with Crippen LogP contribution in [0.15, 0.2) is 36.7 Å². The number of rotatable bonds is 5. The van der Waals surface area contributed by atoms with Gasteiger partial charge in [0.1, 0.15) is 0 Å². The first-order valence-corrected chi connectivity index (χ1v) is 7.95. The Morgan fingerprint density at radius 3 is 2.56 bits per heavy atom. The van der Waals surface area contributed by atoms with Crippen molar-refractivity contribution in [1.82, 2.24) is 15.6 Å². The Bertz CT molecular complexity index is 805. The molecule has 0 fully saturated rings. The third kappa shape index (κ3) is 4.06. The first kappa shape index (κ1) is 16.8. The summed E-state index contributed by atoms with van der Waals surface area (Å²) in [6.45, 7) is 4.28. The molecule has 0 saturated heterocycles. The topological polar surface area (TPSA) is 89.6 Å². The van der Waals surface area contributed by atoms with Crippen LogP contribution >= 0.6 is 0 Å². The average Bonchev–Trinajstić information content (AvgIpc) is 3.07. The standard InChI is InChI=1S/C18H19N3O4/c1-11(2)21-18(23)14-6-13(8-19-9-14)17(22)20-7-12-3-4-15-16(5-12)25-10-24-15/h3-6,8-9,11H,7,10H2,1-2H3,(H,20,22)(H,21,23). The van der Waals surface area contributed by atoms with Gasteiger partial charge in [0, 0.05) is 25.0 Å². The molecule has 130 valence electrons. The molecule has 25 heavy (non-hydrogen) atoms. The summed E-state index contributed by atoms with van der Waals surface area (Å²) >= 11 is 0. The molecule has 0 spiro atoms. The van der Waals surface area contributed by atoms with Crippen LogP contribution in [0, 0.1) is 0 Å². The molecule has 1 aromatic heterocycles. The first-order valence-electron chi connectivity index (χ1n) is 7.95. The van der Waals surface area contributed by atoms with Gasteiger partial charge in [0.25, 0.3) is 11.8 Å². The predicted molar refractivity (Wildman–Crippen MR) is 90.6 cm³/mol. The molecule has 2 aromatic rings. The van der Waals surface area contributed by atoms with Crippen LogP contribution in [0.3, 0.4) is 0 Å². The summed E-state index contributed by atoms with van der Waals surface area (Å²) < 4.78 is 10.6. The van der Waals surface area contributed by atoms with E-state index in [0.29, 0.717) is 29.2 Å². The number of nitrogens with one attached hydrogen (secondary N) is 2. The lowest BCUT2D eigenvalue weighted by atomic mass is 10.1. The maximum absolute atomic E-state index is 12.3. The molecule has 0 aliphatic carbocycles. The molecule has 1 aliphatic heterocycles. The van der Waals surface area contributed by atoms with E-state index in [1.54, 1.807) is 0 Å². The molecule has 0 saturated carbocycles. The smallest absolute Gasteiger partial charge is 0.253 e. The summed E-state index contributed by atoms with van der Waals surface area (Å²) in [6.07, 6.45) is 2.87. The van der Waals surface area contributed by atoms with E-state index in [9.17, 15) is 9.59 Å². The monoisotopic (exact) mass is 341 g/mol. The predicted octanol–water partition coefficient (Wildman–Crippen LogP) is 1.88. The highest BCUT2D eigenvalue weighted by Gasteiger charge is 2.15. The van der Waals surface area contributed by atoms with Crippen molar-refractivity contribution in [3.8, 4) is 11.5 Å². The maximum atomic E-state index is 12.3. The van der Waals surface area contributed by atoms with Crippen molar-refractivity contribution in [2.75, 3.05) is 6.79 Å². The van der Waals surface area contributed by atoms with Gasteiger partial charge in [-0.05, 0) is 37.6 Å². The number of carbonyl (C=O) groups is 2.